The highest BCUT2D eigenvalue weighted by Gasteiger charge is 2.21. The molecule has 0 amide bonds. The van der Waals surface area contributed by atoms with Crippen LogP contribution in [0.1, 0.15) is 11.1 Å². The molecular weight excluding hydrogens is 264 g/mol. The van der Waals surface area contributed by atoms with E-state index < -0.39 is 4.92 Å². The molecule has 0 unspecified atom stereocenters. The van der Waals surface area contributed by atoms with Gasteiger partial charge in [0.2, 0.25) is 0 Å². The smallest absolute Gasteiger partial charge is 0.328 e. The summed E-state index contributed by atoms with van der Waals surface area (Å²) in [5, 5.41) is 20.0. The van der Waals surface area contributed by atoms with E-state index >= 15 is 0 Å². The fourth-order valence-corrected chi connectivity index (χ4v) is 1.49. The monoisotopic (exact) mass is 270 g/mol. The molecule has 78 valence electrons. The van der Waals surface area contributed by atoms with Gasteiger partial charge in [-0.15, -0.1) is 0 Å². The van der Waals surface area contributed by atoms with E-state index in [0.29, 0.717) is 5.33 Å². The summed E-state index contributed by atoms with van der Waals surface area (Å²) in [6.07, 6.45) is 0. The molecule has 0 bridgehead atoms. The molecule has 0 aromatic heterocycles. The summed E-state index contributed by atoms with van der Waals surface area (Å²) in [6.45, 7) is 0. The highest BCUT2D eigenvalue weighted by atomic mass is 79.9. The van der Waals surface area contributed by atoms with E-state index in [-0.39, 0.29) is 17.0 Å². The van der Waals surface area contributed by atoms with Crippen molar-refractivity contribution in [3.63, 3.8) is 0 Å². The third-order valence-electron chi connectivity index (χ3n) is 1.81. The first-order valence-electron chi connectivity index (χ1n) is 3.95. The maximum absolute atomic E-state index is 10.7. The lowest BCUT2D eigenvalue weighted by Gasteiger charge is -2.04. The number of nitro groups is 1. The highest BCUT2D eigenvalue weighted by molar-refractivity contribution is 9.08. The summed E-state index contributed by atoms with van der Waals surface area (Å²) in [5.41, 5.74) is 0.479. The molecule has 5 nitrogen and oxygen atoms in total. The van der Waals surface area contributed by atoms with Crippen LogP contribution in [-0.2, 0) is 5.33 Å². The lowest BCUT2D eigenvalue weighted by Crippen LogP contribution is -1.98. The Morgan fingerprint density at radius 1 is 1.67 bits per heavy atom. The van der Waals surface area contributed by atoms with E-state index in [1.54, 1.807) is 6.07 Å². The number of methoxy groups -OCH3 is 1. The van der Waals surface area contributed by atoms with Gasteiger partial charge in [0.15, 0.2) is 5.75 Å². The number of nitro benzene ring substituents is 1. The first-order valence-corrected chi connectivity index (χ1v) is 5.07. The number of hydrogen-bond donors (Lipinski definition) is 0. The number of ether oxygens (including phenoxy) is 1. The van der Waals surface area contributed by atoms with Crippen molar-refractivity contribution >= 4 is 21.6 Å². The van der Waals surface area contributed by atoms with E-state index in [4.69, 9.17) is 10.00 Å². The predicted molar refractivity (Wildman–Crippen MR) is 57.0 cm³/mol. The summed E-state index contributed by atoms with van der Waals surface area (Å²) in [5.74, 6) is 0.105. The molecular formula is C9H7BrN2O3. The third-order valence-corrected chi connectivity index (χ3v) is 2.46. The molecule has 0 aliphatic rings. The van der Waals surface area contributed by atoms with Crippen LogP contribution in [0.15, 0.2) is 12.1 Å². The quantitative estimate of drug-likeness (QED) is 0.480. The minimum atomic E-state index is -0.616. The van der Waals surface area contributed by atoms with Crippen LogP contribution in [0.5, 0.6) is 5.75 Å². The average Bonchev–Trinajstić information content (AvgIpc) is 2.26. The van der Waals surface area contributed by atoms with Crippen molar-refractivity contribution < 1.29 is 9.66 Å². The van der Waals surface area contributed by atoms with E-state index in [1.807, 2.05) is 0 Å². The number of alkyl halides is 1. The van der Waals surface area contributed by atoms with Crippen LogP contribution in [0.25, 0.3) is 0 Å². The summed E-state index contributed by atoms with van der Waals surface area (Å²) >= 11 is 3.21. The van der Waals surface area contributed by atoms with Gasteiger partial charge in [-0.25, -0.2) is 0 Å². The maximum Gasteiger partial charge on any atom is 0.328 e. The van der Waals surface area contributed by atoms with Crippen LogP contribution in [0, 0.1) is 21.4 Å². The minimum absolute atomic E-state index is 0.00815. The Balaban J connectivity index is 3.48. The molecule has 0 aliphatic carbocycles. The average molecular weight is 271 g/mol. The SMILES string of the molecule is COc1cc(CBr)cc(C#N)c1[N+](=O)[O-]. The van der Waals surface area contributed by atoms with E-state index in [2.05, 4.69) is 15.9 Å². The van der Waals surface area contributed by atoms with Crippen molar-refractivity contribution in [3.05, 3.63) is 33.4 Å². The van der Waals surface area contributed by atoms with Gasteiger partial charge in [-0.05, 0) is 17.7 Å². The standard InChI is InChI=1S/C9H7BrN2O3/c1-15-8-3-6(4-10)2-7(5-11)9(8)12(13)14/h2-3H,4H2,1H3. The normalized spacial score (nSPS) is 9.40. The van der Waals surface area contributed by atoms with Crippen LogP contribution in [0.3, 0.4) is 0 Å². The second-order valence-electron chi connectivity index (χ2n) is 2.70. The zero-order chi connectivity index (χ0) is 11.4. The first kappa shape index (κ1) is 11.5. The van der Waals surface area contributed by atoms with Crippen LogP contribution in [-0.4, -0.2) is 12.0 Å². The summed E-state index contributed by atoms with van der Waals surface area (Å²) in [6, 6.07) is 4.79. The Morgan fingerprint density at radius 2 is 2.33 bits per heavy atom. The van der Waals surface area contributed by atoms with Gasteiger partial charge in [-0.1, -0.05) is 15.9 Å². The molecule has 0 atom stereocenters. The summed E-state index contributed by atoms with van der Waals surface area (Å²) in [7, 11) is 1.33. The highest BCUT2D eigenvalue weighted by Crippen LogP contribution is 2.32. The molecule has 6 heteroatoms. The van der Waals surface area contributed by atoms with Crippen molar-refractivity contribution in [2.45, 2.75) is 5.33 Å². The molecule has 0 fully saturated rings. The number of nitriles is 1. The number of rotatable bonds is 3. The molecule has 0 spiro atoms. The zero-order valence-electron chi connectivity index (χ0n) is 7.86. The van der Waals surface area contributed by atoms with E-state index in [1.165, 1.54) is 19.2 Å². The van der Waals surface area contributed by atoms with Gasteiger partial charge in [0.05, 0.1) is 12.0 Å². The van der Waals surface area contributed by atoms with Gasteiger partial charge in [0.25, 0.3) is 0 Å². The Labute approximate surface area is 94.6 Å². The zero-order valence-corrected chi connectivity index (χ0v) is 9.44. The molecule has 1 aromatic carbocycles. The molecule has 15 heavy (non-hydrogen) atoms. The Hall–Kier alpha value is -1.61. The van der Waals surface area contributed by atoms with Crippen molar-refractivity contribution in [1.82, 2.24) is 0 Å². The van der Waals surface area contributed by atoms with Gasteiger partial charge >= 0.3 is 5.69 Å². The van der Waals surface area contributed by atoms with Crippen molar-refractivity contribution in [2.75, 3.05) is 7.11 Å². The summed E-state index contributed by atoms with van der Waals surface area (Å²) < 4.78 is 4.88. The van der Waals surface area contributed by atoms with Crippen LogP contribution >= 0.6 is 15.9 Å². The van der Waals surface area contributed by atoms with Crippen LogP contribution in [0.2, 0.25) is 0 Å². The molecule has 0 N–H and O–H groups in total. The van der Waals surface area contributed by atoms with Crippen LogP contribution in [0.4, 0.5) is 5.69 Å². The van der Waals surface area contributed by atoms with Crippen molar-refractivity contribution in [1.29, 1.82) is 5.26 Å². The fourth-order valence-electron chi connectivity index (χ4n) is 1.17. The third kappa shape index (κ3) is 2.25. The summed E-state index contributed by atoms with van der Waals surface area (Å²) in [4.78, 5) is 10.1. The van der Waals surface area contributed by atoms with E-state index in [0.717, 1.165) is 5.56 Å². The van der Waals surface area contributed by atoms with Crippen LogP contribution < -0.4 is 4.74 Å². The van der Waals surface area contributed by atoms with Gasteiger partial charge in [-0.3, -0.25) is 10.1 Å². The molecule has 0 saturated carbocycles. The second kappa shape index (κ2) is 4.75. The molecule has 1 aromatic rings. The van der Waals surface area contributed by atoms with Gasteiger partial charge in [-0.2, -0.15) is 5.26 Å². The van der Waals surface area contributed by atoms with E-state index in [9.17, 15) is 10.1 Å². The molecule has 0 aliphatic heterocycles. The molecule has 0 heterocycles. The van der Waals surface area contributed by atoms with Gasteiger partial charge in [0, 0.05) is 5.33 Å². The number of benzene rings is 1. The second-order valence-corrected chi connectivity index (χ2v) is 3.26. The lowest BCUT2D eigenvalue weighted by molar-refractivity contribution is -0.386. The van der Waals surface area contributed by atoms with Crippen molar-refractivity contribution in [3.8, 4) is 11.8 Å². The predicted octanol–water partition coefficient (Wildman–Crippen LogP) is 2.37. The largest absolute Gasteiger partial charge is 0.490 e. The maximum atomic E-state index is 10.7. The fraction of sp³-hybridized carbons (Fsp3) is 0.222. The molecule has 0 radical (unpaired) electrons. The minimum Gasteiger partial charge on any atom is -0.490 e. The Morgan fingerprint density at radius 3 is 2.73 bits per heavy atom. The van der Waals surface area contributed by atoms with Gasteiger partial charge in [0.1, 0.15) is 11.6 Å². The van der Waals surface area contributed by atoms with Gasteiger partial charge < -0.3 is 4.74 Å². The lowest BCUT2D eigenvalue weighted by atomic mass is 10.1. The number of hydrogen-bond acceptors (Lipinski definition) is 4. The van der Waals surface area contributed by atoms with Crippen molar-refractivity contribution in [2.24, 2.45) is 0 Å². The Kier molecular flexibility index (Phi) is 3.63. The molecule has 0 saturated heterocycles. The molecule has 1 rings (SSSR count). The topological polar surface area (TPSA) is 76.2 Å². The number of nitrogens with zero attached hydrogens (tertiary/aromatic N) is 2. The Bertz CT molecular complexity index is 440. The number of halogens is 1. The first-order chi connectivity index (χ1) is 7.13.